The molecule has 0 atom stereocenters. The molecule has 2 aromatic heterocycles. The summed E-state index contributed by atoms with van der Waals surface area (Å²) in [6.07, 6.45) is 6.01. The summed E-state index contributed by atoms with van der Waals surface area (Å²) >= 11 is 0. The Bertz CT molecular complexity index is 2160. The van der Waals surface area contributed by atoms with Crippen LogP contribution in [-0.4, -0.2) is 38.3 Å². The van der Waals surface area contributed by atoms with Crippen LogP contribution in [0.15, 0.2) is 113 Å². The summed E-state index contributed by atoms with van der Waals surface area (Å²) in [7, 11) is 0. The van der Waals surface area contributed by atoms with E-state index in [1.165, 1.54) is 29.7 Å². The van der Waals surface area contributed by atoms with Crippen LogP contribution in [0.4, 0.5) is 27.1 Å². The fraction of sp³-hybridized carbons (Fsp3) is 0.189. The summed E-state index contributed by atoms with van der Waals surface area (Å²) in [6, 6.07) is 23.5. The normalized spacial score (nSPS) is 10.9. The first-order chi connectivity index (χ1) is 25.7. The van der Waals surface area contributed by atoms with Gasteiger partial charge in [0.2, 0.25) is 11.5 Å². The van der Waals surface area contributed by atoms with Gasteiger partial charge in [0.15, 0.2) is 0 Å². The molecule has 1 amide bonds. The molecule has 1 aliphatic rings. The zero-order chi connectivity index (χ0) is 40.2. The van der Waals surface area contributed by atoms with Crippen molar-refractivity contribution in [3.05, 3.63) is 167 Å². The molecule has 3 N–H and O–H groups in total. The number of hydrogen-bond acceptors (Lipinski definition) is 11. The van der Waals surface area contributed by atoms with Crippen LogP contribution in [0.25, 0.3) is 5.69 Å². The van der Waals surface area contributed by atoms with E-state index >= 15 is 0 Å². The van der Waals surface area contributed by atoms with Gasteiger partial charge in [0, 0.05) is 79.2 Å². The monoisotopic (exact) mass is 1010 g/mol. The number of nitro benzene ring substituents is 2. The molecule has 0 unspecified atom stereocenters. The first-order valence-corrected chi connectivity index (χ1v) is 16.1. The summed E-state index contributed by atoms with van der Waals surface area (Å²) in [5, 5.41) is 29.3. The van der Waals surface area contributed by atoms with Crippen molar-refractivity contribution < 1.29 is 175 Å². The van der Waals surface area contributed by atoms with Gasteiger partial charge in [-0.15, -0.1) is 0 Å². The molecule has 1 fully saturated rings. The first kappa shape index (κ1) is 53.1. The van der Waals surface area contributed by atoms with E-state index in [9.17, 15) is 39.0 Å². The zero-order valence-corrected chi connectivity index (χ0v) is 44.1. The van der Waals surface area contributed by atoms with Gasteiger partial charge >= 0.3 is 138 Å². The van der Waals surface area contributed by atoms with E-state index in [-0.39, 0.29) is 176 Å². The number of nitro groups is 2. The van der Waals surface area contributed by atoms with Crippen molar-refractivity contribution in [2.75, 3.05) is 17.2 Å². The molecule has 0 spiro atoms. The van der Waals surface area contributed by atoms with E-state index in [4.69, 9.17) is 15.8 Å². The van der Waals surface area contributed by atoms with Crippen LogP contribution in [-0.2, 0) is 14.5 Å². The molecule has 3 heterocycles. The molecule has 288 valence electrons. The van der Waals surface area contributed by atoms with Crippen LogP contribution in [0.1, 0.15) is 38.8 Å². The van der Waals surface area contributed by atoms with Gasteiger partial charge in [-0.3, -0.25) is 44.0 Å². The number of aromatic nitrogens is 2. The Morgan fingerprint density at radius 2 is 1.39 bits per heavy atom. The molecule has 56 heavy (non-hydrogen) atoms. The smallest absolute Gasteiger partial charge is 1.00 e. The molecule has 6 rings (SSSR count). The Labute approximate surface area is 441 Å². The van der Waals surface area contributed by atoms with Crippen molar-refractivity contribution in [3.8, 4) is 5.69 Å². The van der Waals surface area contributed by atoms with E-state index in [2.05, 4.69) is 9.87 Å². The van der Waals surface area contributed by atoms with Crippen molar-refractivity contribution in [2.24, 2.45) is 0 Å². The van der Waals surface area contributed by atoms with Gasteiger partial charge in [0.25, 0.3) is 23.4 Å². The maximum absolute atomic E-state index is 12.4. The second-order valence-electron chi connectivity index (χ2n) is 11.3. The van der Waals surface area contributed by atoms with Crippen LogP contribution in [0.3, 0.4) is 0 Å². The maximum atomic E-state index is 12.4. The van der Waals surface area contributed by atoms with Crippen molar-refractivity contribution in [1.82, 2.24) is 9.55 Å². The number of nitrogen functional groups attached to an aromatic ring is 1. The van der Waals surface area contributed by atoms with Crippen LogP contribution in [0.2, 0.25) is 0 Å². The van der Waals surface area contributed by atoms with Gasteiger partial charge in [0.1, 0.15) is 5.82 Å². The van der Waals surface area contributed by atoms with Crippen LogP contribution < -0.4 is 165 Å². The molecule has 16 nitrogen and oxygen atoms in total. The molecular formula is C37H41Cs2FN6O10. The Kier molecular flexibility index (Phi) is 27.0. The number of aromatic amines is 1. The summed E-state index contributed by atoms with van der Waals surface area (Å²) in [5.74, 6) is -0.224. The Morgan fingerprint density at radius 3 is 1.86 bits per heavy atom. The van der Waals surface area contributed by atoms with E-state index < -0.39 is 15.7 Å². The number of H-pyrrole nitrogens is 1. The number of amides is 1. The number of nitrogens with one attached hydrogen (secondary N) is 1. The second kappa shape index (κ2) is 28.5. The van der Waals surface area contributed by atoms with Crippen molar-refractivity contribution in [2.45, 2.75) is 40.0 Å². The molecule has 0 bridgehead atoms. The third-order valence-electron chi connectivity index (χ3n) is 7.44. The largest absolute Gasteiger partial charge is 1.00 e. The third kappa shape index (κ3) is 18.6. The topological polar surface area (TPSA) is 237 Å². The Hall–Kier alpha value is -2.91. The van der Waals surface area contributed by atoms with Gasteiger partial charge in [-0.05, 0) is 93.8 Å². The number of pyridine rings is 2. The summed E-state index contributed by atoms with van der Waals surface area (Å²) in [6.45, 7) is 5.77. The number of nitrogens with two attached hydrogens (primary N) is 1. The molecule has 19 heteroatoms. The van der Waals surface area contributed by atoms with Crippen LogP contribution >= 0.6 is 0 Å². The van der Waals surface area contributed by atoms with E-state index in [1.807, 2.05) is 30.0 Å². The first-order valence-electron chi connectivity index (χ1n) is 16.1. The average molecular weight is 1010 g/mol. The number of hydrogen-bond donors (Lipinski definition) is 2. The van der Waals surface area contributed by atoms with Gasteiger partial charge < -0.3 is 27.2 Å². The van der Waals surface area contributed by atoms with Crippen molar-refractivity contribution in [1.29, 1.82) is 0 Å². The number of carbonyl (C=O) groups is 2. The molecule has 0 radical (unpaired) electrons. The molecular weight excluding hydrogens is 973 g/mol. The number of aryl methyl sites for hydroxylation is 3. The number of rotatable bonds is 5. The van der Waals surface area contributed by atoms with E-state index in [0.717, 1.165) is 54.5 Å². The van der Waals surface area contributed by atoms with Gasteiger partial charge in [0.05, 0.1) is 9.85 Å². The average Bonchev–Trinajstić information content (AvgIpc) is 3.14. The summed E-state index contributed by atoms with van der Waals surface area (Å²) in [4.78, 5) is 69.0. The zero-order valence-electron chi connectivity index (χ0n) is 32.5. The number of carbonyl (C=O) groups excluding carboxylic acids is 2. The number of benzene rings is 3. The Balaban J connectivity index is -0.000000681. The molecule has 5 aromatic rings. The number of halogens is 1. The number of piperidine rings is 1. The maximum Gasteiger partial charge on any atom is 1.00 e. The van der Waals surface area contributed by atoms with Crippen molar-refractivity contribution >= 4 is 35.1 Å². The minimum atomic E-state index is -0.533. The van der Waals surface area contributed by atoms with Gasteiger partial charge in [-0.1, -0.05) is 12.1 Å². The SMILES string of the molecule is Cc1cc(-n2ccccc2=O)ccc1[N+](=O)[O-].Cc1cc(F)ccc1[N+](=O)[O-].Cc1cc(N2CCCCC2=O)ccc1N.O=CO[O-].O=c1cccc[nH]1.[Cs+].[Cs+].[H-].[HH]. The molecule has 3 aromatic carbocycles. The molecule has 0 saturated carbocycles. The van der Waals surface area contributed by atoms with Crippen molar-refractivity contribution in [3.63, 3.8) is 0 Å². The predicted octanol–water partition coefficient (Wildman–Crippen LogP) is -0.633. The minimum Gasteiger partial charge on any atom is -1.00 e. The third-order valence-corrected chi connectivity index (χ3v) is 7.44. The quantitative estimate of drug-likeness (QED) is 0.0739. The number of anilines is 2. The number of nitrogens with zero attached hydrogens (tertiary/aromatic N) is 4. The summed E-state index contributed by atoms with van der Waals surface area (Å²) in [5.41, 5.74) is 9.82. The van der Waals surface area contributed by atoms with E-state index in [0.29, 0.717) is 23.2 Å². The van der Waals surface area contributed by atoms with Gasteiger partial charge in [-0.2, -0.15) is 0 Å². The summed E-state index contributed by atoms with van der Waals surface area (Å²) < 4.78 is 13.8. The fourth-order valence-electron chi connectivity index (χ4n) is 4.74. The fourth-order valence-corrected chi connectivity index (χ4v) is 4.74. The van der Waals surface area contributed by atoms with Crippen LogP contribution in [0, 0.1) is 46.8 Å². The minimum absolute atomic E-state index is 0. The second-order valence-corrected chi connectivity index (χ2v) is 11.3. The molecule has 1 aliphatic heterocycles. The molecule has 0 aliphatic carbocycles. The van der Waals surface area contributed by atoms with E-state index in [1.54, 1.807) is 55.7 Å². The van der Waals surface area contributed by atoms with Gasteiger partial charge in [-0.25, -0.2) is 4.39 Å². The van der Waals surface area contributed by atoms with Crippen LogP contribution in [0.5, 0.6) is 0 Å². The molecule has 1 saturated heterocycles. The predicted molar refractivity (Wildman–Crippen MR) is 200 cm³/mol. The standard InChI is InChI=1S/C12H10N2O3.C12H16N2O.C7H6FNO2.C5H5NO.CH2O3.2Cs.H2.H/c1-9-8-10(5-6-11(9)14(16)17)13-7-3-2-4-12(13)15;1-9-8-10(5-6-11(9)13)14-7-3-2-4-12(14)15;1-5-4-6(8)2-3-7(5)9(10)11;7-5-3-1-2-4-6-5;2-1-4-3;;;;/h2-8H,1H3;5-6,8H,2-4,7,13H2,1H3;2-4H,1H3;1-4H,(H,6,7);1,3H;;;1H;/q;;;;;2*+1;;-1/p-1. The Morgan fingerprint density at radius 1 is 0.821 bits per heavy atom.